The van der Waals surface area contributed by atoms with Crippen molar-refractivity contribution in [3.8, 4) is 0 Å². The van der Waals surface area contributed by atoms with Gasteiger partial charge in [0.05, 0.1) is 0 Å². The van der Waals surface area contributed by atoms with Crippen LogP contribution < -0.4 is 5.32 Å². The third-order valence-corrected chi connectivity index (χ3v) is 4.04. The van der Waals surface area contributed by atoms with Gasteiger partial charge in [0, 0.05) is 6.04 Å². The van der Waals surface area contributed by atoms with Crippen LogP contribution in [0.5, 0.6) is 0 Å². The second-order valence-corrected chi connectivity index (χ2v) is 5.65. The highest BCUT2D eigenvalue weighted by Gasteiger charge is 2.56. The second-order valence-electron chi connectivity index (χ2n) is 4.84. The van der Waals surface area contributed by atoms with E-state index in [2.05, 4.69) is 26.2 Å². The van der Waals surface area contributed by atoms with Gasteiger partial charge in [0.15, 0.2) is 0 Å². The number of likely N-dealkylation sites (tertiary alicyclic amines) is 1. The Bertz CT molecular complexity index is 551. The van der Waals surface area contributed by atoms with Crippen molar-refractivity contribution in [1.82, 2.24) is 9.88 Å². The van der Waals surface area contributed by atoms with Crippen LogP contribution in [-0.2, 0) is 4.79 Å². The molecule has 2 heterocycles. The molecule has 1 saturated carbocycles. The van der Waals surface area contributed by atoms with Crippen molar-refractivity contribution in [3.05, 3.63) is 22.8 Å². The maximum Gasteiger partial charge on any atom is 0.408 e. The van der Waals surface area contributed by atoms with Crippen LogP contribution in [-0.4, -0.2) is 39.1 Å². The van der Waals surface area contributed by atoms with E-state index in [1.807, 2.05) is 0 Å². The average molecular weight is 326 g/mol. The molecule has 0 spiro atoms. The monoisotopic (exact) mass is 325 g/mol. The van der Waals surface area contributed by atoms with E-state index in [9.17, 15) is 9.59 Å². The molecule has 19 heavy (non-hydrogen) atoms. The molecule has 7 heteroatoms. The summed E-state index contributed by atoms with van der Waals surface area (Å²) in [6.45, 7) is 0. The van der Waals surface area contributed by atoms with Gasteiger partial charge in [0.25, 0.3) is 0 Å². The van der Waals surface area contributed by atoms with E-state index in [1.165, 1.54) is 4.90 Å². The number of halogens is 1. The summed E-state index contributed by atoms with van der Waals surface area (Å²) in [7, 11) is 0. The van der Waals surface area contributed by atoms with Gasteiger partial charge >= 0.3 is 6.09 Å². The molecule has 0 aromatic carbocycles. The highest BCUT2D eigenvalue weighted by atomic mass is 79.9. The van der Waals surface area contributed by atoms with Crippen LogP contribution in [0.3, 0.4) is 0 Å². The zero-order chi connectivity index (χ0) is 13.6. The van der Waals surface area contributed by atoms with Crippen molar-refractivity contribution in [3.63, 3.8) is 0 Å². The van der Waals surface area contributed by atoms with E-state index < -0.39 is 12.1 Å². The molecule has 6 nitrogen and oxygen atoms in total. The number of amides is 2. The zero-order valence-corrected chi connectivity index (χ0v) is 11.5. The third-order valence-electron chi connectivity index (χ3n) is 3.59. The number of carbonyl (C=O) groups is 2. The standard InChI is InChI=1S/C12H12BrN3O3/c13-9-2-1-3-10(14-9)15-11(17)8-5-6-4-7(6)16(8)12(18)19/h1-3,6-8H,4-5H2,(H,18,19)(H,14,15,17). The van der Waals surface area contributed by atoms with Gasteiger partial charge in [0.1, 0.15) is 16.5 Å². The molecule has 1 saturated heterocycles. The fourth-order valence-corrected chi connectivity index (χ4v) is 3.00. The SMILES string of the molecule is O=C(Nc1cccc(Br)n1)C1CC2CC2N1C(=O)O. The molecule has 2 fully saturated rings. The summed E-state index contributed by atoms with van der Waals surface area (Å²) < 4.78 is 0.620. The van der Waals surface area contributed by atoms with Crippen LogP contribution in [0.4, 0.5) is 10.6 Å². The van der Waals surface area contributed by atoms with E-state index in [4.69, 9.17) is 5.11 Å². The molecule has 2 N–H and O–H groups in total. The van der Waals surface area contributed by atoms with Crippen molar-refractivity contribution in [2.24, 2.45) is 5.92 Å². The Labute approximate surface area is 117 Å². The summed E-state index contributed by atoms with van der Waals surface area (Å²) in [4.78, 5) is 28.7. The van der Waals surface area contributed by atoms with Crippen LogP contribution >= 0.6 is 15.9 Å². The van der Waals surface area contributed by atoms with Crippen LogP contribution in [0.15, 0.2) is 22.8 Å². The molecule has 3 rings (SSSR count). The van der Waals surface area contributed by atoms with Gasteiger partial charge in [-0.3, -0.25) is 9.69 Å². The summed E-state index contributed by atoms with van der Waals surface area (Å²) >= 11 is 3.22. The number of piperidine rings is 1. The predicted octanol–water partition coefficient (Wildman–Crippen LogP) is 1.92. The lowest BCUT2D eigenvalue weighted by atomic mass is 10.1. The van der Waals surface area contributed by atoms with Gasteiger partial charge in [-0.05, 0) is 46.8 Å². The number of hydrogen-bond donors (Lipinski definition) is 2. The van der Waals surface area contributed by atoms with Crippen molar-refractivity contribution < 1.29 is 14.7 Å². The minimum atomic E-state index is -1.02. The van der Waals surface area contributed by atoms with E-state index in [-0.39, 0.29) is 11.9 Å². The maximum atomic E-state index is 12.1. The molecule has 2 aliphatic rings. The van der Waals surface area contributed by atoms with Gasteiger partial charge in [-0.25, -0.2) is 9.78 Å². The Hall–Kier alpha value is -1.63. The highest BCUT2D eigenvalue weighted by molar-refractivity contribution is 9.10. The molecule has 3 unspecified atom stereocenters. The Kier molecular flexibility index (Phi) is 2.93. The summed E-state index contributed by atoms with van der Waals surface area (Å²) in [5.41, 5.74) is 0. The molecule has 1 aliphatic heterocycles. The molecular weight excluding hydrogens is 314 g/mol. The minimum Gasteiger partial charge on any atom is -0.465 e. The lowest BCUT2D eigenvalue weighted by Gasteiger charge is -2.23. The number of hydrogen-bond acceptors (Lipinski definition) is 3. The fourth-order valence-electron chi connectivity index (χ4n) is 2.65. The van der Waals surface area contributed by atoms with E-state index in [0.717, 1.165) is 6.42 Å². The lowest BCUT2D eigenvalue weighted by Crippen LogP contribution is -2.44. The van der Waals surface area contributed by atoms with E-state index in [1.54, 1.807) is 18.2 Å². The number of nitrogens with zero attached hydrogens (tertiary/aromatic N) is 2. The predicted molar refractivity (Wildman–Crippen MR) is 70.7 cm³/mol. The molecule has 1 aliphatic carbocycles. The van der Waals surface area contributed by atoms with E-state index >= 15 is 0 Å². The number of carboxylic acid groups (broad SMARTS) is 1. The Morgan fingerprint density at radius 1 is 1.42 bits per heavy atom. The Balaban J connectivity index is 1.72. The summed E-state index contributed by atoms with van der Waals surface area (Å²) in [5.74, 6) is 0.466. The number of anilines is 1. The normalized spacial score (nSPS) is 27.8. The summed E-state index contributed by atoms with van der Waals surface area (Å²) in [6, 6.07) is 4.62. The molecular formula is C12H12BrN3O3. The first kappa shape index (κ1) is 12.4. The van der Waals surface area contributed by atoms with Crippen LogP contribution in [0.2, 0.25) is 0 Å². The molecule has 100 valence electrons. The van der Waals surface area contributed by atoms with Gasteiger partial charge in [-0.15, -0.1) is 0 Å². The number of rotatable bonds is 2. The fraction of sp³-hybridized carbons (Fsp3) is 0.417. The Morgan fingerprint density at radius 2 is 2.21 bits per heavy atom. The summed E-state index contributed by atoms with van der Waals surface area (Å²) in [5, 5.41) is 11.8. The zero-order valence-electron chi connectivity index (χ0n) is 9.91. The van der Waals surface area contributed by atoms with Crippen molar-refractivity contribution >= 4 is 33.7 Å². The molecule has 1 aromatic heterocycles. The van der Waals surface area contributed by atoms with Gasteiger partial charge < -0.3 is 10.4 Å². The number of nitrogens with one attached hydrogen (secondary N) is 1. The van der Waals surface area contributed by atoms with Gasteiger partial charge in [-0.2, -0.15) is 0 Å². The molecule has 1 aromatic rings. The first-order valence-electron chi connectivity index (χ1n) is 6.01. The minimum absolute atomic E-state index is 0.0312. The van der Waals surface area contributed by atoms with E-state index in [0.29, 0.717) is 22.8 Å². The molecule has 0 radical (unpaired) electrons. The second kappa shape index (κ2) is 4.48. The summed E-state index contributed by atoms with van der Waals surface area (Å²) in [6.07, 6.45) is 0.467. The van der Waals surface area contributed by atoms with Crippen LogP contribution in [0.25, 0.3) is 0 Å². The van der Waals surface area contributed by atoms with Gasteiger partial charge in [0.2, 0.25) is 5.91 Å². The van der Waals surface area contributed by atoms with Crippen LogP contribution in [0.1, 0.15) is 12.8 Å². The molecule has 2 amide bonds. The van der Waals surface area contributed by atoms with Crippen molar-refractivity contribution in [2.45, 2.75) is 24.9 Å². The van der Waals surface area contributed by atoms with Crippen molar-refractivity contribution in [1.29, 1.82) is 0 Å². The quantitative estimate of drug-likeness (QED) is 0.814. The molecule has 0 bridgehead atoms. The third kappa shape index (κ3) is 2.30. The number of fused-ring (bicyclic) bond motifs is 1. The number of aromatic nitrogens is 1. The van der Waals surface area contributed by atoms with Crippen LogP contribution in [0, 0.1) is 5.92 Å². The number of pyridine rings is 1. The molecule has 3 atom stereocenters. The highest BCUT2D eigenvalue weighted by Crippen LogP contribution is 2.47. The smallest absolute Gasteiger partial charge is 0.408 e. The first-order chi connectivity index (χ1) is 9.06. The largest absolute Gasteiger partial charge is 0.465 e. The van der Waals surface area contributed by atoms with Gasteiger partial charge in [-0.1, -0.05) is 6.07 Å². The Morgan fingerprint density at radius 3 is 2.89 bits per heavy atom. The lowest BCUT2D eigenvalue weighted by molar-refractivity contribution is -0.120. The number of carbonyl (C=O) groups excluding carboxylic acids is 1. The maximum absolute atomic E-state index is 12.1. The van der Waals surface area contributed by atoms with Crippen molar-refractivity contribution in [2.75, 3.05) is 5.32 Å². The topological polar surface area (TPSA) is 82.5 Å². The average Bonchev–Trinajstić information content (AvgIpc) is 2.99. The first-order valence-corrected chi connectivity index (χ1v) is 6.80.